The van der Waals surface area contributed by atoms with Crippen LogP contribution in [0.3, 0.4) is 0 Å². The van der Waals surface area contributed by atoms with Gasteiger partial charge in [-0.15, -0.1) is 0 Å². The monoisotopic (exact) mass is 350 g/mol. The van der Waals surface area contributed by atoms with E-state index in [1.165, 1.54) is 12.8 Å². The molecule has 0 aliphatic carbocycles. The first-order valence-corrected chi connectivity index (χ1v) is 8.62. The molecule has 5 heteroatoms. The first-order chi connectivity index (χ1) is 11.0. The van der Waals surface area contributed by atoms with Gasteiger partial charge in [-0.2, -0.15) is 0 Å². The molecular weight excluding hydrogens is 331 g/mol. The molecule has 2 heterocycles. The second-order valence-electron chi connectivity index (χ2n) is 6.15. The fraction of sp³-hybridized carbons (Fsp3) is 0.389. The lowest BCUT2D eigenvalue weighted by molar-refractivity contribution is 0.0944. The number of nitrogens with zero attached hydrogens (tertiary/aromatic N) is 2. The minimum atomic E-state index is 0.180. The van der Waals surface area contributed by atoms with Crippen molar-refractivity contribution < 1.29 is 4.79 Å². The molecule has 0 bridgehead atoms. The van der Waals surface area contributed by atoms with Gasteiger partial charge in [-0.25, -0.2) is 0 Å². The standard InChI is InChI=1S/C18H20Cl2N2O/c1-12-7-17(18(23)11-21-5-3-4-6-21)13(2)22(12)16-9-14(19)8-15(20)10-16/h7-10H,3-6,11H2,1-2H3. The average molecular weight is 351 g/mol. The number of likely N-dealkylation sites (tertiary alicyclic amines) is 1. The maximum absolute atomic E-state index is 12.6. The van der Waals surface area contributed by atoms with Crippen molar-refractivity contribution in [2.24, 2.45) is 0 Å². The van der Waals surface area contributed by atoms with Gasteiger partial charge in [0, 0.05) is 32.7 Å². The van der Waals surface area contributed by atoms with Crippen molar-refractivity contribution in [3.8, 4) is 5.69 Å². The first-order valence-electron chi connectivity index (χ1n) is 7.86. The fourth-order valence-electron chi connectivity index (χ4n) is 3.34. The molecule has 2 aromatic rings. The van der Waals surface area contributed by atoms with E-state index in [9.17, 15) is 4.79 Å². The van der Waals surface area contributed by atoms with Gasteiger partial charge in [0.05, 0.1) is 6.54 Å². The lowest BCUT2D eigenvalue weighted by Crippen LogP contribution is -2.27. The quantitative estimate of drug-likeness (QED) is 0.748. The Kier molecular flexibility index (Phi) is 4.81. The number of carbonyl (C=O) groups excluding carboxylic acids is 1. The second kappa shape index (κ2) is 6.68. The van der Waals surface area contributed by atoms with E-state index in [0.29, 0.717) is 16.6 Å². The number of aromatic nitrogens is 1. The predicted octanol–water partition coefficient (Wildman–Crippen LogP) is 4.68. The van der Waals surface area contributed by atoms with E-state index >= 15 is 0 Å². The molecule has 0 unspecified atom stereocenters. The van der Waals surface area contributed by atoms with E-state index in [4.69, 9.17) is 23.2 Å². The third-order valence-electron chi connectivity index (χ3n) is 4.40. The number of Topliss-reactive ketones (excluding diaryl/α,β-unsaturated/α-hetero) is 1. The molecule has 0 radical (unpaired) electrons. The van der Waals surface area contributed by atoms with Gasteiger partial charge in [0.1, 0.15) is 0 Å². The van der Waals surface area contributed by atoms with Crippen LogP contribution in [0.1, 0.15) is 34.6 Å². The zero-order valence-corrected chi connectivity index (χ0v) is 14.9. The summed E-state index contributed by atoms with van der Waals surface area (Å²) in [5, 5.41) is 1.18. The number of aryl methyl sites for hydroxylation is 1. The molecule has 0 amide bonds. The van der Waals surface area contributed by atoms with E-state index in [0.717, 1.165) is 35.7 Å². The molecule has 1 fully saturated rings. The number of halogens is 2. The van der Waals surface area contributed by atoms with E-state index in [2.05, 4.69) is 4.90 Å². The molecule has 3 rings (SSSR count). The summed E-state index contributed by atoms with van der Waals surface area (Å²) in [5.41, 5.74) is 3.61. The molecule has 1 aromatic heterocycles. The van der Waals surface area contributed by atoms with E-state index in [-0.39, 0.29) is 5.78 Å². The van der Waals surface area contributed by atoms with Crippen LogP contribution in [0, 0.1) is 13.8 Å². The Morgan fingerprint density at radius 2 is 1.65 bits per heavy atom. The largest absolute Gasteiger partial charge is 0.318 e. The van der Waals surface area contributed by atoms with Gasteiger partial charge in [0.15, 0.2) is 5.78 Å². The normalized spacial score (nSPS) is 15.3. The van der Waals surface area contributed by atoms with E-state index in [1.807, 2.05) is 36.6 Å². The zero-order chi connectivity index (χ0) is 16.6. The van der Waals surface area contributed by atoms with Gasteiger partial charge in [-0.05, 0) is 64.0 Å². The van der Waals surface area contributed by atoms with Crippen molar-refractivity contribution in [3.05, 3.63) is 51.3 Å². The Morgan fingerprint density at radius 3 is 2.26 bits per heavy atom. The summed E-state index contributed by atoms with van der Waals surface area (Å²) in [7, 11) is 0. The van der Waals surface area contributed by atoms with Crippen LogP contribution >= 0.6 is 23.2 Å². The van der Waals surface area contributed by atoms with Crippen LogP contribution in [0.15, 0.2) is 24.3 Å². The number of hydrogen-bond acceptors (Lipinski definition) is 2. The van der Waals surface area contributed by atoms with Crippen LogP contribution in [0.5, 0.6) is 0 Å². The van der Waals surface area contributed by atoms with Gasteiger partial charge in [-0.1, -0.05) is 23.2 Å². The minimum Gasteiger partial charge on any atom is -0.318 e. The molecule has 0 spiro atoms. The highest BCUT2D eigenvalue weighted by molar-refractivity contribution is 6.34. The highest BCUT2D eigenvalue weighted by Crippen LogP contribution is 2.27. The summed E-state index contributed by atoms with van der Waals surface area (Å²) in [5.74, 6) is 0.180. The van der Waals surface area contributed by atoms with Gasteiger partial charge in [0.25, 0.3) is 0 Å². The molecule has 1 aromatic carbocycles. The van der Waals surface area contributed by atoms with Crippen LogP contribution in [-0.4, -0.2) is 34.9 Å². The lowest BCUT2D eigenvalue weighted by Gasteiger charge is -2.14. The molecule has 0 saturated carbocycles. The predicted molar refractivity (Wildman–Crippen MR) is 95.3 cm³/mol. The highest BCUT2D eigenvalue weighted by Gasteiger charge is 2.21. The van der Waals surface area contributed by atoms with Crippen molar-refractivity contribution in [3.63, 3.8) is 0 Å². The summed E-state index contributed by atoms with van der Waals surface area (Å²) in [6.45, 7) is 6.51. The Balaban J connectivity index is 1.94. The van der Waals surface area contributed by atoms with Gasteiger partial charge < -0.3 is 4.57 Å². The second-order valence-corrected chi connectivity index (χ2v) is 7.03. The van der Waals surface area contributed by atoms with Crippen LogP contribution in [-0.2, 0) is 0 Å². The molecular formula is C18H20Cl2N2O. The van der Waals surface area contributed by atoms with Gasteiger partial charge in [-0.3, -0.25) is 9.69 Å². The Labute approximate surface area is 146 Å². The maximum Gasteiger partial charge on any atom is 0.178 e. The lowest BCUT2D eigenvalue weighted by atomic mass is 10.1. The van der Waals surface area contributed by atoms with Crippen LogP contribution in [0.2, 0.25) is 10.0 Å². The number of carbonyl (C=O) groups is 1. The van der Waals surface area contributed by atoms with Crippen LogP contribution in [0.25, 0.3) is 5.69 Å². The molecule has 1 aliphatic rings. The molecule has 3 nitrogen and oxygen atoms in total. The summed E-state index contributed by atoms with van der Waals surface area (Å²) >= 11 is 12.2. The Hall–Kier alpha value is -1.29. The number of hydrogen-bond donors (Lipinski definition) is 0. The number of benzene rings is 1. The van der Waals surface area contributed by atoms with Crippen LogP contribution < -0.4 is 0 Å². The van der Waals surface area contributed by atoms with E-state index < -0.39 is 0 Å². The molecule has 122 valence electrons. The van der Waals surface area contributed by atoms with Crippen molar-refractivity contribution >= 4 is 29.0 Å². The number of ketones is 1. The summed E-state index contributed by atoms with van der Waals surface area (Å²) < 4.78 is 2.04. The van der Waals surface area contributed by atoms with Gasteiger partial charge in [0.2, 0.25) is 0 Å². The van der Waals surface area contributed by atoms with Crippen LogP contribution in [0.4, 0.5) is 0 Å². The molecule has 1 aliphatic heterocycles. The summed E-state index contributed by atoms with van der Waals surface area (Å²) in [6.07, 6.45) is 2.38. The maximum atomic E-state index is 12.6. The summed E-state index contributed by atoms with van der Waals surface area (Å²) in [4.78, 5) is 14.9. The van der Waals surface area contributed by atoms with Crippen molar-refractivity contribution in [2.45, 2.75) is 26.7 Å². The van der Waals surface area contributed by atoms with Gasteiger partial charge >= 0.3 is 0 Å². The third kappa shape index (κ3) is 3.47. The third-order valence-corrected chi connectivity index (χ3v) is 4.84. The average Bonchev–Trinajstić information content (AvgIpc) is 3.06. The fourth-order valence-corrected chi connectivity index (χ4v) is 3.85. The zero-order valence-electron chi connectivity index (χ0n) is 13.4. The molecule has 0 atom stereocenters. The Bertz CT molecular complexity index is 725. The topological polar surface area (TPSA) is 25.2 Å². The van der Waals surface area contributed by atoms with Crippen molar-refractivity contribution in [2.75, 3.05) is 19.6 Å². The smallest absolute Gasteiger partial charge is 0.178 e. The van der Waals surface area contributed by atoms with E-state index in [1.54, 1.807) is 6.07 Å². The highest BCUT2D eigenvalue weighted by atomic mass is 35.5. The van der Waals surface area contributed by atoms with Crippen molar-refractivity contribution in [1.29, 1.82) is 0 Å². The number of rotatable bonds is 4. The Morgan fingerprint density at radius 1 is 1.04 bits per heavy atom. The minimum absolute atomic E-state index is 0.180. The van der Waals surface area contributed by atoms with Crippen molar-refractivity contribution in [1.82, 2.24) is 9.47 Å². The molecule has 0 N–H and O–H groups in total. The SMILES string of the molecule is Cc1cc(C(=O)CN2CCCC2)c(C)n1-c1cc(Cl)cc(Cl)c1. The summed E-state index contributed by atoms with van der Waals surface area (Å²) in [6, 6.07) is 7.40. The molecule has 23 heavy (non-hydrogen) atoms. The first kappa shape index (κ1) is 16.6. The molecule has 1 saturated heterocycles.